The molecule has 0 unspecified atom stereocenters. The van der Waals surface area contributed by atoms with E-state index >= 15 is 0 Å². The molecule has 0 fully saturated rings. The third-order valence-corrected chi connectivity index (χ3v) is 9.80. The van der Waals surface area contributed by atoms with E-state index in [2.05, 4.69) is 106 Å². The summed E-state index contributed by atoms with van der Waals surface area (Å²) in [6.45, 7) is 0. The van der Waals surface area contributed by atoms with Crippen molar-refractivity contribution in [3.63, 3.8) is 0 Å². The molecule has 0 spiro atoms. The van der Waals surface area contributed by atoms with Gasteiger partial charge in [-0.25, -0.2) is 15.0 Å². The van der Waals surface area contributed by atoms with Gasteiger partial charge in [0.25, 0.3) is 0 Å². The molecule has 0 N–H and O–H groups in total. The number of hydrogen-bond donors (Lipinski definition) is 0. The summed E-state index contributed by atoms with van der Waals surface area (Å²) in [7, 11) is 0. The lowest BCUT2D eigenvalue weighted by atomic mass is 10.1. The van der Waals surface area contributed by atoms with Crippen molar-refractivity contribution in [1.82, 2.24) is 24.1 Å². The maximum absolute atomic E-state index is 10.1. The van der Waals surface area contributed by atoms with Gasteiger partial charge < -0.3 is 9.13 Å². The van der Waals surface area contributed by atoms with E-state index in [1.54, 1.807) is 0 Å². The van der Waals surface area contributed by atoms with Crippen molar-refractivity contribution in [3.8, 4) is 51.6 Å². The summed E-state index contributed by atoms with van der Waals surface area (Å²) in [6, 6.07) is 60.3. The highest BCUT2D eigenvalue weighted by Crippen LogP contribution is 2.39. The minimum absolute atomic E-state index is 0.493. The minimum Gasteiger partial charge on any atom is -0.309 e. The normalized spacial score (nSPS) is 11.4. The Morgan fingerprint density at radius 2 is 0.885 bits per heavy atom. The van der Waals surface area contributed by atoms with E-state index in [1.165, 1.54) is 21.8 Å². The summed E-state index contributed by atoms with van der Waals surface area (Å²) in [6.07, 6.45) is 0. The molecule has 52 heavy (non-hydrogen) atoms. The van der Waals surface area contributed by atoms with E-state index in [1.807, 2.05) is 78.9 Å². The molecule has 0 aliphatic rings. The fraction of sp³-hybridized carbons (Fsp3) is 0. The molecule has 7 aromatic carbocycles. The van der Waals surface area contributed by atoms with Gasteiger partial charge in [-0.15, -0.1) is 0 Å². The van der Waals surface area contributed by atoms with Crippen molar-refractivity contribution in [3.05, 3.63) is 175 Å². The summed E-state index contributed by atoms with van der Waals surface area (Å²) >= 11 is 0. The van der Waals surface area contributed by atoms with Gasteiger partial charge in [-0.1, -0.05) is 115 Å². The van der Waals surface area contributed by atoms with Crippen molar-refractivity contribution < 1.29 is 0 Å². The van der Waals surface area contributed by atoms with Crippen LogP contribution >= 0.6 is 0 Å². The molecule has 6 nitrogen and oxygen atoms in total. The van der Waals surface area contributed by atoms with Gasteiger partial charge in [-0.3, -0.25) is 0 Å². The van der Waals surface area contributed by atoms with Crippen LogP contribution in [0.1, 0.15) is 5.56 Å². The van der Waals surface area contributed by atoms with Crippen molar-refractivity contribution in [2.45, 2.75) is 0 Å². The van der Waals surface area contributed by atoms with E-state index in [0.29, 0.717) is 23.0 Å². The Hall–Kier alpha value is -7.36. The van der Waals surface area contributed by atoms with Gasteiger partial charge in [-0.05, 0) is 54.6 Å². The van der Waals surface area contributed by atoms with Crippen LogP contribution in [0, 0.1) is 11.3 Å². The number of nitrogens with zero attached hydrogens (tertiary/aromatic N) is 6. The molecule has 0 bridgehead atoms. The van der Waals surface area contributed by atoms with Crippen LogP contribution in [0.2, 0.25) is 0 Å². The summed E-state index contributed by atoms with van der Waals surface area (Å²) in [4.78, 5) is 15.0. The zero-order chi connectivity index (χ0) is 34.6. The van der Waals surface area contributed by atoms with E-state index in [-0.39, 0.29) is 0 Å². The van der Waals surface area contributed by atoms with Crippen LogP contribution in [0.4, 0.5) is 0 Å². The third-order valence-electron chi connectivity index (χ3n) is 9.80. The van der Waals surface area contributed by atoms with Gasteiger partial charge in [0.05, 0.1) is 39.4 Å². The molecule has 0 aliphatic carbocycles. The predicted octanol–water partition coefficient (Wildman–Crippen LogP) is 10.9. The molecule has 3 aromatic heterocycles. The van der Waals surface area contributed by atoms with Crippen molar-refractivity contribution in [2.24, 2.45) is 0 Å². The second-order valence-electron chi connectivity index (χ2n) is 12.8. The summed E-state index contributed by atoms with van der Waals surface area (Å²) in [5.41, 5.74) is 9.41. The van der Waals surface area contributed by atoms with Gasteiger partial charge in [0.1, 0.15) is 0 Å². The van der Waals surface area contributed by atoms with Crippen LogP contribution in [0.5, 0.6) is 0 Å². The van der Waals surface area contributed by atoms with E-state index in [0.717, 1.165) is 49.9 Å². The van der Waals surface area contributed by atoms with Gasteiger partial charge in [0.15, 0.2) is 17.5 Å². The Morgan fingerprint density at radius 3 is 1.46 bits per heavy atom. The molecule has 0 saturated heterocycles. The molecule has 10 rings (SSSR count). The number of benzene rings is 7. The maximum Gasteiger partial charge on any atom is 0.166 e. The first kappa shape index (κ1) is 29.5. The fourth-order valence-corrected chi connectivity index (χ4v) is 7.47. The monoisotopic (exact) mass is 664 g/mol. The molecule has 0 saturated carbocycles. The second kappa shape index (κ2) is 11.9. The lowest BCUT2D eigenvalue weighted by Gasteiger charge is -2.15. The maximum atomic E-state index is 10.1. The average Bonchev–Trinajstić information content (AvgIpc) is 3.73. The Balaban J connectivity index is 1.24. The van der Waals surface area contributed by atoms with Crippen LogP contribution in [-0.4, -0.2) is 24.1 Å². The highest BCUT2D eigenvalue weighted by atomic mass is 15.1. The zero-order valence-electron chi connectivity index (χ0n) is 27.8. The van der Waals surface area contributed by atoms with Crippen LogP contribution in [0.25, 0.3) is 89.2 Å². The van der Waals surface area contributed by atoms with Crippen LogP contribution in [-0.2, 0) is 0 Å². The highest BCUT2D eigenvalue weighted by molar-refractivity contribution is 6.12. The first-order valence-electron chi connectivity index (χ1n) is 17.2. The Bertz CT molecular complexity index is 2910. The first-order chi connectivity index (χ1) is 25.7. The van der Waals surface area contributed by atoms with Crippen molar-refractivity contribution >= 4 is 43.6 Å². The lowest BCUT2D eigenvalue weighted by molar-refractivity contribution is 1.06. The number of hydrogen-bond acceptors (Lipinski definition) is 4. The predicted molar refractivity (Wildman–Crippen MR) is 210 cm³/mol. The Labute approximate surface area is 299 Å². The standard InChI is InChI=1S/C46H28N6/c47-29-30-23-25-43(38(27-30)46-49-44(31-13-3-1-4-14-31)48-45(50-46)32-15-5-2-6-16-32)52-41-22-12-9-19-36(41)37-28-33(24-26-42(37)52)51-39-20-10-7-17-34(39)35-18-8-11-21-40(35)51/h1-28H. The molecule has 10 aromatic rings. The van der Waals surface area contributed by atoms with Gasteiger partial charge in [0, 0.05) is 43.9 Å². The molecular formula is C46H28N6. The van der Waals surface area contributed by atoms with Gasteiger partial charge >= 0.3 is 0 Å². The first-order valence-corrected chi connectivity index (χ1v) is 17.2. The molecule has 242 valence electrons. The summed E-state index contributed by atoms with van der Waals surface area (Å²) in [5.74, 6) is 1.62. The number of nitriles is 1. The van der Waals surface area contributed by atoms with Crippen LogP contribution in [0.15, 0.2) is 170 Å². The van der Waals surface area contributed by atoms with E-state index in [4.69, 9.17) is 15.0 Å². The third kappa shape index (κ3) is 4.68. The summed E-state index contributed by atoms with van der Waals surface area (Å²) in [5, 5.41) is 14.8. The number of rotatable bonds is 5. The fourth-order valence-electron chi connectivity index (χ4n) is 7.47. The molecular weight excluding hydrogens is 637 g/mol. The molecule has 6 heteroatoms. The molecule has 3 heterocycles. The quantitative estimate of drug-likeness (QED) is 0.184. The molecule has 0 radical (unpaired) electrons. The summed E-state index contributed by atoms with van der Waals surface area (Å²) < 4.78 is 4.62. The largest absolute Gasteiger partial charge is 0.309 e. The number of fused-ring (bicyclic) bond motifs is 6. The second-order valence-corrected chi connectivity index (χ2v) is 12.8. The van der Waals surface area contributed by atoms with Crippen molar-refractivity contribution in [1.29, 1.82) is 5.26 Å². The smallest absolute Gasteiger partial charge is 0.166 e. The van der Waals surface area contributed by atoms with Gasteiger partial charge in [0.2, 0.25) is 0 Å². The molecule has 0 atom stereocenters. The Morgan fingerprint density at radius 1 is 0.404 bits per heavy atom. The highest BCUT2D eigenvalue weighted by Gasteiger charge is 2.21. The van der Waals surface area contributed by atoms with Gasteiger partial charge in [-0.2, -0.15) is 5.26 Å². The minimum atomic E-state index is 0.493. The average molecular weight is 665 g/mol. The number of aromatic nitrogens is 5. The van der Waals surface area contributed by atoms with E-state index in [9.17, 15) is 5.26 Å². The van der Waals surface area contributed by atoms with E-state index < -0.39 is 0 Å². The Kier molecular flexibility index (Phi) is 6.76. The zero-order valence-corrected chi connectivity index (χ0v) is 27.8. The van der Waals surface area contributed by atoms with Crippen LogP contribution in [0.3, 0.4) is 0 Å². The SMILES string of the molecule is N#Cc1ccc(-n2c3ccccc3c3cc(-n4c5ccccc5c5ccccc54)ccc32)c(-c2nc(-c3ccccc3)nc(-c3ccccc3)n2)c1. The topological polar surface area (TPSA) is 72.3 Å². The van der Waals surface area contributed by atoms with Crippen molar-refractivity contribution in [2.75, 3.05) is 0 Å². The molecule has 0 amide bonds. The lowest BCUT2D eigenvalue weighted by Crippen LogP contribution is -2.04. The van der Waals surface area contributed by atoms with Crippen LogP contribution < -0.4 is 0 Å². The number of para-hydroxylation sites is 3. The molecule has 0 aliphatic heterocycles.